The van der Waals surface area contributed by atoms with Crippen LogP contribution in [0.15, 0.2) is 29.8 Å². The summed E-state index contributed by atoms with van der Waals surface area (Å²) in [7, 11) is 0. The number of fused-ring (bicyclic) bond motifs is 1. The average molecular weight is 185 g/mol. The normalized spacial score (nSPS) is 14.5. The zero-order valence-corrected chi connectivity index (χ0v) is 7.36. The largest absolute Gasteiger partial charge is 0.485 e. The third-order valence-corrected chi connectivity index (χ3v) is 2.00. The highest BCUT2D eigenvalue weighted by atomic mass is 16.5. The number of nitrogens with zero attached hydrogens (tertiary/aromatic N) is 1. The van der Waals surface area contributed by atoms with Gasteiger partial charge in [-0.2, -0.15) is 5.26 Å². The van der Waals surface area contributed by atoms with E-state index in [1.807, 2.05) is 24.3 Å². The van der Waals surface area contributed by atoms with E-state index in [-0.39, 0.29) is 18.0 Å². The van der Waals surface area contributed by atoms with Crippen LogP contribution in [0.2, 0.25) is 0 Å². The van der Waals surface area contributed by atoms with E-state index < -0.39 is 0 Å². The maximum Gasteiger partial charge on any atom is 0.210 e. The second-order valence-corrected chi connectivity index (χ2v) is 2.92. The molecule has 3 nitrogen and oxygen atoms in total. The van der Waals surface area contributed by atoms with Crippen molar-refractivity contribution in [2.75, 3.05) is 6.61 Å². The van der Waals surface area contributed by atoms with Gasteiger partial charge in [-0.3, -0.25) is 4.79 Å². The van der Waals surface area contributed by atoms with Crippen LogP contribution in [0.25, 0.3) is 6.08 Å². The minimum absolute atomic E-state index is 0.0591. The molecule has 0 amide bonds. The Morgan fingerprint density at radius 1 is 1.36 bits per heavy atom. The fourth-order valence-corrected chi connectivity index (χ4v) is 1.28. The molecule has 0 unspecified atom stereocenters. The summed E-state index contributed by atoms with van der Waals surface area (Å²) in [6, 6.07) is 9.12. The number of para-hydroxylation sites is 1. The van der Waals surface area contributed by atoms with Gasteiger partial charge in [-0.15, -0.1) is 0 Å². The maximum atomic E-state index is 11.3. The van der Waals surface area contributed by atoms with E-state index in [1.54, 1.807) is 12.1 Å². The number of ketones is 1. The van der Waals surface area contributed by atoms with E-state index in [2.05, 4.69) is 0 Å². The SMILES string of the molecule is N#CC1=Cc2ccccc2OCC1=O. The van der Waals surface area contributed by atoms with Gasteiger partial charge in [0.15, 0.2) is 6.61 Å². The quantitative estimate of drug-likeness (QED) is 0.616. The Bertz CT molecular complexity index is 455. The minimum atomic E-state index is -0.274. The van der Waals surface area contributed by atoms with Gasteiger partial charge in [0.2, 0.25) is 5.78 Å². The molecule has 1 aliphatic rings. The van der Waals surface area contributed by atoms with Crippen LogP contribution in [0, 0.1) is 11.3 Å². The minimum Gasteiger partial charge on any atom is -0.485 e. The zero-order chi connectivity index (χ0) is 9.97. The molecule has 68 valence electrons. The summed E-state index contributed by atoms with van der Waals surface area (Å²) in [5.74, 6) is 0.370. The van der Waals surface area contributed by atoms with Gasteiger partial charge in [-0.05, 0) is 12.1 Å². The number of ether oxygens (including phenoxy) is 1. The van der Waals surface area contributed by atoms with E-state index in [0.717, 1.165) is 5.56 Å². The molecule has 0 bridgehead atoms. The van der Waals surface area contributed by atoms with Gasteiger partial charge in [0.1, 0.15) is 11.8 Å². The summed E-state index contributed by atoms with van der Waals surface area (Å²) in [5.41, 5.74) is 0.921. The fraction of sp³-hybridized carbons (Fsp3) is 0.0909. The van der Waals surface area contributed by atoms with Crippen molar-refractivity contribution < 1.29 is 9.53 Å². The first kappa shape index (κ1) is 8.52. The van der Waals surface area contributed by atoms with Crippen LogP contribution >= 0.6 is 0 Å². The Morgan fingerprint density at radius 3 is 2.93 bits per heavy atom. The lowest BCUT2D eigenvalue weighted by Crippen LogP contribution is -2.10. The molecule has 1 aromatic rings. The summed E-state index contributed by atoms with van der Waals surface area (Å²) in [6.07, 6.45) is 1.56. The molecule has 1 aliphatic heterocycles. The number of Topliss-reactive ketones (excluding diaryl/α,β-unsaturated/α-hetero) is 1. The fourth-order valence-electron chi connectivity index (χ4n) is 1.28. The summed E-state index contributed by atoms with van der Waals surface area (Å²) in [6.45, 7) is -0.0591. The molecular formula is C11H7NO2. The van der Waals surface area contributed by atoms with Gasteiger partial charge in [-0.25, -0.2) is 0 Å². The third kappa shape index (κ3) is 1.38. The molecule has 0 radical (unpaired) electrons. The number of rotatable bonds is 0. The first-order valence-electron chi connectivity index (χ1n) is 4.18. The van der Waals surface area contributed by atoms with Gasteiger partial charge in [0, 0.05) is 5.56 Å². The molecule has 0 aliphatic carbocycles. The van der Waals surface area contributed by atoms with Crippen molar-refractivity contribution in [3.63, 3.8) is 0 Å². The topological polar surface area (TPSA) is 50.1 Å². The van der Waals surface area contributed by atoms with Crippen LogP contribution < -0.4 is 4.74 Å². The highest BCUT2D eigenvalue weighted by molar-refractivity contribution is 6.05. The molecule has 1 heterocycles. The highest BCUT2D eigenvalue weighted by Gasteiger charge is 2.15. The molecule has 0 saturated carbocycles. The Morgan fingerprint density at radius 2 is 2.14 bits per heavy atom. The monoisotopic (exact) mass is 185 g/mol. The van der Waals surface area contributed by atoms with E-state index in [9.17, 15) is 4.79 Å². The van der Waals surface area contributed by atoms with Crippen LogP contribution in [0.4, 0.5) is 0 Å². The molecular weight excluding hydrogens is 178 g/mol. The second kappa shape index (κ2) is 3.35. The third-order valence-electron chi connectivity index (χ3n) is 2.00. The van der Waals surface area contributed by atoms with Gasteiger partial charge < -0.3 is 4.74 Å². The van der Waals surface area contributed by atoms with Crippen molar-refractivity contribution in [1.82, 2.24) is 0 Å². The number of hydrogen-bond acceptors (Lipinski definition) is 3. The van der Waals surface area contributed by atoms with Crippen LogP contribution in [0.3, 0.4) is 0 Å². The predicted molar refractivity (Wildman–Crippen MR) is 50.5 cm³/mol. The summed E-state index contributed by atoms with van der Waals surface area (Å²) in [4.78, 5) is 11.3. The molecule has 0 fully saturated rings. The van der Waals surface area contributed by atoms with Crippen molar-refractivity contribution in [1.29, 1.82) is 5.26 Å². The average Bonchev–Trinajstić information content (AvgIpc) is 2.38. The number of nitriles is 1. The molecule has 14 heavy (non-hydrogen) atoms. The van der Waals surface area contributed by atoms with Gasteiger partial charge in [0.25, 0.3) is 0 Å². The van der Waals surface area contributed by atoms with E-state index in [4.69, 9.17) is 10.00 Å². The highest BCUT2D eigenvalue weighted by Crippen LogP contribution is 2.23. The van der Waals surface area contributed by atoms with Crippen molar-refractivity contribution >= 4 is 11.9 Å². The second-order valence-electron chi connectivity index (χ2n) is 2.92. The molecule has 0 atom stereocenters. The molecule has 3 heteroatoms. The van der Waals surface area contributed by atoms with E-state index in [0.29, 0.717) is 5.75 Å². The first-order valence-corrected chi connectivity index (χ1v) is 4.18. The van der Waals surface area contributed by atoms with Crippen LogP contribution in [-0.4, -0.2) is 12.4 Å². The molecule has 0 spiro atoms. The molecule has 1 aromatic carbocycles. The van der Waals surface area contributed by atoms with Crippen molar-refractivity contribution in [2.24, 2.45) is 0 Å². The number of benzene rings is 1. The number of carbonyl (C=O) groups is 1. The lowest BCUT2D eigenvalue weighted by Gasteiger charge is -2.03. The summed E-state index contributed by atoms with van der Waals surface area (Å²) >= 11 is 0. The summed E-state index contributed by atoms with van der Waals surface area (Å²) in [5, 5.41) is 8.72. The van der Waals surface area contributed by atoms with Crippen molar-refractivity contribution in [3.05, 3.63) is 35.4 Å². The Hall–Kier alpha value is -2.08. The number of hydrogen-bond donors (Lipinski definition) is 0. The summed E-state index contributed by atoms with van der Waals surface area (Å²) < 4.78 is 5.24. The van der Waals surface area contributed by atoms with Crippen LogP contribution in [-0.2, 0) is 4.79 Å². The maximum absolute atomic E-state index is 11.3. The molecule has 0 saturated heterocycles. The van der Waals surface area contributed by atoms with Crippen LogP contribution in [0.5, 0.6) is 5.75 Å². The molecule has 0 N–H and O–H groups in total. The smallest absolute Gasteiger partial charge is 0.210 e. The Labute approximate surface area is 81.2 Å². The predicted octanol–water partition coefficient (Wildman–Crippen LogP) is 1.56. The zero-order valence-electron chi connectivity index (χ0n) is 7.36. The standard InChI is InChI=1S/C11H7NO2/c12-6-9-5-8-3-1-2-4-11(8)14-7-10(9)13/h1-5H,7H2. The lowest BCUT2D eigenvalue weighted by molar-refractivity contribution is -0.116. The Kier molecular flexibility index (Phi) is 2.04. The van der Waals surface area contributed by atoms with E-state index in [1.165, 1.54) is 0 Å². The Balaban J connectivity index is 2.54. The molecule has 0 aromatic heterocycles. The van der Waals surface area contributed by atoms with Crippen molar-refractivity contribution in [2.45, 2.75) is 0 Å². The van der Waals surface area contributed by atoms with Crippen LogP contribution in [0.1, 0.15) is 5.56 Å². The first-order chi connectivity index (χ1) is 6.81. The molecule has 2 rings (SSSR count). The van der Waals surface area contributed by atoms with Gasteiger partial charge >= 0.3 is 0 Å². The van der Waals surface area contributed by atoms with E-state index >= 15 is 0 Å². The van der Waals surface area contributed by atoms with Gasteiger partial charge in [0.05, 0.1) is 5.57 Å². The van der Waals surface area contributed by atoms with Crippen molar-refractivity contribution in [3.8, 4) is 11.8 Å². The number of carbonyl (C=O) groups excluding carboxylic acids is 1. The van der Waals surface area contributed by atoms with Gasteiger partial charge in [-0.1, -0.05) is 18.2 Å². The lowest BCUT2D eigenvalue weighted by atomic mass is 10.1.